The number of carbonyl (C=O) groups excluding carboxylic acids is 1. The van der Waals surface area contributed by atoms with Crippen LogP contribution in [0, 0.1) is 0 Å². The SMILES string of the molecule is C/C(=C\C(=O)NCc1nc(CN2CCOCC2)cs1)c1ccccc1. The third-order valence-electron chi connectivity index (χ3n) is 4.08. The number of nitrogens with one attached hydrogen (secondary N) is 1. The second-order valence-corrected chi connectivity index (χ2v) is 6.97. The normalized spacial score (nSPS) is 16.0. The highest BCUT2D eigenvalue weighted by Crippen LogP contribution is 2.14. The number of ether oxygens (including phenoxy) is 1. The van der Waals surface area contributed by atoms with Crippen LogP contribution in [0.3, 0.4) is 0 Å². The van der Waals surface area contributed by atoms with Crippen molar-refractivity contribution in [2.24, 2.45) is 0 Å². The number of nitrogens with zero attached hydrogens (tertiary/aromatic N) is 2. The van der Waals surface area contributed by atoms with Crippen LogP contribution in [-0.4, -0.2) is 42.1 Å². The van der Waals surface area contributed by atoms with Crippen molar-refractivity contribution in [2.45, 2.75) is 20.0 Å². The highest BCUT2D eigenvalue weighted by Gasteiger charge is 2.12. The molecule has 0 bridgehead atoms. The number of benzene rings is 1. The van der Waals surface area contributed by atoms with E-state index in [9.17, 15) is 4.79 Å². The Balaban J connectivity index is 1.49. The van der Waals surface area contributed by atoms with Crippen molar-refractivity contribution in [1.82, 2.24) is 15.2 Å². The number of allylic oxidation sites excluding steroid dienone is 1. The van der Waals surface area contributed by atoms with Crippen molar-refractivity contribution in [3.8, 4) is 0 Å². The number of rotatable bonds is 6. The molecule has 0 unspecified atom stereocenters. The lowest BCUT2D eigenvalue weighted by molar-refractivity contribution is -0.116. The van der Waals surface area contributed by atoms with Gasteiger partial charge in [0.15, 0.2) is 0 Å². The van der Waals surface area contributed by atoms with Gasteiger partial charge in [-0.25, -0.2) is 4.98 Å². The van der Waals surface area contributed by atoms with E-state index in [4.69, 9.17) is 4.74 Å². The van der Waals surface area contributed by atoms with Crippen LogP contribution in [-0.2, 0) is 22.6 Å². The first kappa shape index (κ1) is 17.8. The molecule has 6 heteroatoms. The monoisotopic (exact) mass is 357 g/mol. The van der Waals surface area contributed by atoms with E-state index >= 15 is 0 Å². The molecule has 3 rings (SSSR count). The van der Waals surface area contributed by atoms with Crippen LogP contribution in [0.5, 0.6) is 0 Å². The van der Waals surface area contributed by atoms with Gasteiger partial charge in [0, 0.05) is 31.1 Å². The van der Waals surface area contributed by atoms with E-state index in [1.165, 1.54) is 0 Å². The van der Waals surface area contributed by atoms with Crippen LogP contribution in [0.4, 0.5) is 0 Å². The Hall–Kier alpha value is -2.02. The van der Waals surface area contributed by atoms with Gasteiger partial charge >= 0.3 is 0 Å². The molecule has 1 aliphatic rings. The largest absolute Gasteiger partial charge is 0.379 e. The van der Waals surface area contributed by atoms with Gasteiger partial charge in [0.05, 0.1) is 25.5 Å². The molecule has 0 radical (unpaired) electrons. The average molecular weight is 357 g/mol. The lowest BCUT2D eigenvalue weighted by atomic mass is 10.1. The van der Waals surface area contributed by atoms with Gasteiger partial charge in [-0.3, -0.25) is 9.69 Å². The van der Waals surface area contributed by atoms with E-state index in [2.05, 4.69) is 20.6 Å². The average Bonchev–Trinajstić information content (AvgIpc) is 3.09. The van der Waals surface area contributed by atoms with Gasteiger partial charge < -0.3 is 10.1 Å². The number of hydrogen-bond donors (Lipinski definition) is 1. The van der Waals surface area contributed by atoms with E-state index < -0.39 is 0 Å². The summed E-state index contributed by atoms with van der Waals surface area (Å²) in [5.74, 6) is -0.0914. The van der Waals surface area contributed by atoms with Crippen molar-refractivity contribution < 1.29 is 9.53 Å². The van der Waals surface area contributed by atoms with E-state index in [0.29, 0.717) is 6.54 Å². The maximum atomic E-state index is 12.1. The first-order valence-corrected chi connectivity index (χ1v) is 9.33. The fourth-order valence-corrected chi connectivity index (χ4v) is 3.41. The molecular formula is C19H23N3O2S. The Bertz CT molecular complexity index is 721. The number of morpholine rings is 1. The molecule has 0 spiro atoms. The van der Waals surface area contributed by atoms with E-state index in [1.54, 1.807) is 17.4 Å². The van der Waals surface area contributed by atoms with Crippen molar-refractivity contribution in [1.29, 1.82) is 0 Å². The van der Waals surface area contributed by atoms with Gasteiger partial charge in [0.25, 0.3) is 0 Å². The quantitative estimate of drug-likeness (QED) is 0.808. The minimum atomic E-state index is -0.0914. The zero-order valence-electron chi connectivity index (χ0n) is 14.4. The molecule has 132 valence electrons. The van der Waals surface area contributed by atoms with Crippen molar-refractivity contribution >= 4 is 22.8 Å². The summed E-state index contributed by atoms with van der Waals surface area (Å²) in [5, 5.41) is 5.92. The lowest BCUT2D eigenvalue weighted by Crippen LogP contribution is -2.35. The minimum absolute atomic E-state index is 0.0914. The summed E-state index contributed by atoms with van der Waals surface area (Å²) in [6, 6.07) is 9.90. The summed E-state index contributed by atoms with van der Waals surface area (Å²) in [7, 11) is 0. The van der Waals surface area contributed by atoms with Gasteiger partial charge in [0.2, 0.25) is 5.91 Å². The maximum absolute atomic E-state index is 12.1. The number of carbonyl (C=O) groups is 1. The summed E-state index contributed by atoms with van der Waals surface area (Å²) in [5.41, 5.74) is 3.07. The molecule has 1 saturated heterocycles. The molecule has 0 saturated carbocycles. The Morgan fingerprint density at radius 2 is 2.08 bits per heavy atom. The van der Waals surface area contributed by atoms with Gasteiger partial charge in [-0.05, 0) is 18.1 Å². The second-order valence-electron chi connectivity index (χ2n) is 6.03. The van der Waals surface area contributed by atoms with Crippen molar-refractivity contribution in [3.63, 3.8) is 0 Å². The van der Waals surface area contributed by atoms with Gasteiger partial charge in [0.1, 0.15) is 5.01 Å². The molecule has 5 nitrogen and oxygen atoms in total. The van der Waals surface area contributed by atoms with Crippen LogP contribution in [0.2, 0.25) is 0 Å². The molecule has 1 fully saturated rings. The molecule has 1 N–H and O–H groups in total. The standard InChI is InChI=1S/C19H23N3O2S/c1-15(16-5-3-2-4-6-16)11-18(23)20-12-19-21-17(14-25-19)13-22-7-9-24-10-8-22/h2-6,11,14H,7-10,12-13H2,1H3,(H,20,23)/b15-11+. The van der Waals surface area contributed by atoms with E-state index in [1.807, 2.05) is 37.3 Å². The lowest BCUT2D eigenvalue weighted by Gasteiger charge is -2.25. The fraction of sp³-hybridized carbons (Fsp3) is 0.368. The zero-order chi connectivity index (χ0) is 17.5. The van der Waals surface area contributed by atoms with E-state index in [0.717, 1.165) is 54.7 Å². The summed E-state index contributed by atoms with van der Waals surface area (Å²) < 4.78 is 5.36. The molecule has 2 aromatic rings. The Kier molecular flexibility index (Phi) is 6.33. The van der Waals surface area contributed by atoms with Crippen LogP contribution >= 0.6 is 11.3 Å². The molecule has 25 heavy (non-hydrogen) atoms. The molecule has 1 amide bonds. The summed E-state index contributed by atoms with van der Waals surface area (Å²) in [4.78, 5) is 19.0. The number of amides is 1. The highest BCUT2D eigenvalue weighted by molar-refractivity contribution is 7.09. The molecule has 1 aromatic carbocycles. The second kappa shape index (κ2) is 8.89. The summed E-state index contributed by atoms with van der Waals surface area (Å²) in [6.45, 7) is 6.74. The number of thiazole rings is 1. The molecular weight excluding hydrogens is 334 g/mol. The van der Waals surface area contributed by atoms with Crippen molar-refractivity contribution in [2.75, 3.05) is 26.3 Å². The number of aromatic nitrogens is 1. The highest BCUT2D eigenvalue weighted by atomic mass is 32.1. The first-order chi connectivity index (χ1) is 12.2. The molecule has 0 atom stereocenters. The predicted octanol–water partition coefficient (Wildman–Crippen LogP) is 2.70. The van der Waals surface area contributed by atoms with Crippen LogP contribution < -0.4 is 5.32 Å². The Morgan fingerprint density at radius 1 is 1.32 bits per heavy atom. The van der Waals surface area contributed by atoms with Gasteiger partial charge in [-0.2, -0.15) is 0 Å². The third-order valence-corrected chi connectivity index (χ3v) is 4.98. The minimum Gasteiger partial charge on any atom is -0.379 e. The zero-order valence-corrected chi connectivity index (χ0v) is 15.2. The van der Waals surface area contributed by atoms with Crippen LogP contribution in [0.1, 0.15) is 23.2 Å². The molecule has 0 aliphatic carbocycles. The third kappa shape index (κ3) is 5.49. The smallest absolute Gasteiger partial charge is 0.244 e. The van der Waals surface area contributed by atoms with Crippen molar-refractivity contribution in [3.05, 3.63) is 58.1 Å². The van der Waals surface area contributed by atoms with Gasteiger partial charge in [-0.15, -0.1) is 11.3 Å². The first-order valence-electron chi connectivity index (χ1n) is 8.45. The molecule has 1 aliphatic heterocycles. The van der Waals surface area contributed by atoms with Gasteiger partial charge in [-0.1, -0.05) is 30.3 Å². The van der Waals surface area contributed by atoms with Crippen LogP contribution in [0.15, 0.2) is 41.8 Å². The maximum Gasteiger partial charge on any atom is 0.244 e. The Morgan fingerprint density at radius 3 is 2.84 bits per heavy atom. The molecule has 1 aromatic heterocycles. The van der Waals surface area contributed by atoms with E-state index in [-0.39, 0.29) is 5.91 Å². The number of hydrogen-bond acceptors (Lipinski definition) is 5. The van der Waals surface area contributed by atoms with Crippen LogP contribution in [0.25, 0.3) is 5.57 Å². The predicted molar refractivity (Wildman–Crippen MR) is 100 cm³/mol. The topological polar surface area (TPSA) is 54.5 Å². The fourth-order valence-electron chi connectivity index (χ4n) is 2.69. The molecule has 2 heterocycles. The Labute approximate surface area is 152 Å². The summed E-state index contributed by atoms with van der Waals surface area (Å²) >= 11 is 1.59. The summed E-state index contributed by atoms with van der Waals surface area (Å²) in [6.07, 6.45) is 1.64.